The highest BCUT2D eigenvalue weighted by atomic mass is 35.5. The summed E-state index contributed by atoms with van der Waals surface area (Å²) in [5.74, 6) is 0. The lowest BCUT2D eigenvalue weighted by atomic mass is 10.4. The molecule has 0 unspecified atom stereocenters. The number of nitrogens with zero attached hydrogens (tertiary/aromatic N) is 1. The molecule has 0 saturated heterocycles. The molecule has 2 nitrogen and oxygen atoms in total. The summed E-state index contributed by atoms with van der Waals surface area (Å²) in [6.07, 6.45) is 1.66. The van der Waals surface area contributed by atoms with E-state index in [9.17, 15) is 0 Å². The Morgan fingerprint density at radius 2 is 2.09 bits per heavy atom. The first kappa shape index (κ1) is 10.2. The molecule has 0 bridgehead atoms. The van der Waals surface area contributed by atoms with E-state index >= 15 is 0 Å². The fourth-order valence-corrected chi connectivity index (χ4v) is 0.786. The first-order valence-electron chi connectivity index (χ1n) is 3.63. The predicted molar refractivity (Wildman–Crippen MR) is 50.1 cm³/mol. The highest BCUT2D eigenvalue weighted by Crippen LogP contribution is 2.15. The van der Waals surface area contributed by atoms with E-state index in [1.165, 1.54) is 0 Å². The van der Waals surface area contributed by atoms with Crippen LogP contribution in [0.3, 0.4) is 0 Å². The number of rotatable bonds is 1. The summed E-state index contributed by atoms with van der Waals surface area (Å²) < 4.78 is 0. The van der Waals surface area contributed by atoms with Gasteiger partial charge in [0.2, 0.25) is 0 Å². The maximum Gasteiger partial charge on any atom is 0.152 e. The van der Waals surface area contributed by atoms with Crippen LogP contribution < -0.4 is 5.32 Å². The average molecular weight is 173 g/mol. The predicted octanol–water partition coefficient (Wildman–Crippen LogP) is 2.80. The molecule has 62 valence electrons. The lowest BCUT2D eigenvalue weighted by molar-refractivity contribution is 1.31. The minimum atomic E-state index is 0.514. The zero-order valence-corrected chi connectivity index (χ0v) is 7.81. The normalized spacial score (nSPS) is 8.00. The quantitative estimate of drug-likeness (QED) is 0.659. The molecule has 0 aromatic carbocycles. The largest absolute Gasteiger partial charge is 0.386 e. The van der Waals surface area contributed by atoms with Crippen molar-refractivity contribution in [2.24, 2.45) is 0 Å². The van der Waals surface area contributed by atoms with E-state index in [-0.39, 0.29) is 0 Å². The van der Waals surface area contributed by atoms with Crippen LogP contribution in [-0.4, -0.2) is 12.0 Å². The average Bonchev–Trinajstić information content (AvgIpc) is 2.09. The Labute approximate surface area is 72.6 Å². The van der Waals surface area contributed by atoms with Crippen molar-refractivity contribution in [3.05, 3.63) is 23.5 Å². The number of aromatic nitrogens is 1. The lowest BCUT2D eigenvalue weighted by Crippen LogP contribution is -1.89. The molecule has 1 N–H and O–H groups in total. The third kappa shape index (κ3) is 3.23. The van der Waals surface area contributed by atoms with Gasteiger partial charge in [-0.25, -0.2) is 4.98 Å². The summed E-state index contributed by atoms with van der Waals surface area (Å²) in [6, 6.07) is 3.70. The summed E-state index contributed by atoms with van der Waals surface area (Å²) in [4.78, 5) is 3.85. The van der Waals surface area contributed by atoms with Gasteiger partial charge in [-0.1, -0.05) is 25.4 Å². The van der Waals surface area contributed by atoms with Crippen molar-refractivity contribution in [1.82, 2.24) is 4.98 Å². The molecule has 0 amide bonds. The Kier molecular flexibility index (Phi) is 5.57. The van der Waals surface area contributed by atoms with Crippen LogP contribution >= 0.6 is 11.6 Å². The maximum absolute atomic E-state index is 5.65. The van der Waals surface area contributed by atoms with Gasteiger partial charge < -0.3 is 5.32 Å². The second kappa shape index (κ2) is 5.98. The Balaban J connectivity index is 0.000000461. The van der Waals surface area contributed by atoms with Crippen LogP contribution in [0.15, 0.2) is 18.3 Å². The molecule has 0 aliphatic rings. The Hall–Kier alpha value is -0.760. The molecule has 0 saturated carbocycles. The van der Waals surface area contributed by atoms with Gasteiger partial charge >= 0.3 is 0 Å². The molecule has 0 aliphatic carbocycles. The molecule has 3 heteroatoms. The minimum Gasteiger partial charge on any atom is -0.386 e. The summed E-state index contributed by atoms with van der Waals surface area (Å²) in [6.45, 7) is 4.00. The molecular weight excluding hydrogens is 160 g/mol. The molecule has 1 aromatic rings. The van der Waals surface area contributed by atoms with E-state index in [4.69, 9.17) is 11.6 Å². The summed E-state index contributed by atoms with van der Waals surface area (Å²) in [7, 11) is 1.81. The Morgan fingerprint density at radius 3 is 2.45 bits per heavy atom. The fourth-order valence-electron chi connectivity index (χ4n) is 0.573. The summed E-state index contributed by atoms with van der Waals surface area (Å²) in [5.41, 5.74) is 0.860. The monoisotopic (exact) mass is 172 g/mol. The van der Waals surface area contributed by atoms with E-state index in [1.54, 1.807) is 6.20 Å². The van der Waals surface area contributed by atoms with Crippen LogP contribution in [0.25, 0.3) is 0 Å². The van der Waals surface area contributed by atoms with Crippen LogP contribution in [0, 0.1) is 0 Å². The molecule has 0 spiro atoms. The van der Waals surface area contributed by atoms with Crippen molar-refractivity contribution in [1.29, 1.82) is 0 Å². The van der Waals surface area contributed by atoms with Crippen molar-refractivity contribution >= 4 is 17.3 Å². The molecule has 11 heavy (non-hydrogen) atoms. The minimum absolute atomic E-state index is 0.514. The zero-order valence-electron chi connectivity index (χ0n) is 7.06. The van der Waals surface area contributed by atoms with Crippen LogP contribution in [0.4, 0.5) is 5.69 Å². The van der Waals surface area contributed by atoms with Gasteiger partial charge in [0.15, 0.2) is 5.15 Å². The first-order valence-corrected chi connectivity index (χ1v) is 4.00. The standard InChI is InChI=1S/C6H7ClN2.C2H6/c1-8-5-3-2-4-9-6(5)7;1-2/h2-4,8H,1H3;1-2H3. The van der Waals surface area contributed by atoms with Gasteiger partial charge in [-0.3, -0.25) is 0 Å². The van der Waals surface area contributed by atoms with E-state index in [1.807, 2.05) is 33.0 Å². The van der Waals surface area contributed by atoms with E-state index in [2.05, 4.69) is 10.3 Å². The van der Waals surface area contributed by atoms with Gasteiger partial charge in [-0.2, -0.15) is 0 Å². The fraction of sp³-hybridized carbons (Fsp3) is 0.375. The van der Waals surface area contributed by atoms with Gasteiger partial charge in [-0.15, -0.1) is 0 Å². The number of anilines is 1. The Morgan fingerprint density at radius 1 is 1.45 bits per heavy atom. The first-order chi connectivity index (χ1) is 5.34. The van der Waals surface area contributed by atoms with Crippen molar-refractivity contribution in [3.8, 4) is 0 Å². The Bertz CT molecular complexity index is 201. The highest BCUT2D eigenvalue weighted by molar-refractivity contribution is 6.31. The van der Waals surface area contributed by atoms with Gasteiger partial charge in [0.25, 0.3) is 0 Å². The van der Waals surface area contributed by atoms with Crippen LogP contribution in [0.5, 0.6) is 0 Å². The SMILES string of the molecule is CC.CNc1cccnc1Cl. The molecule has 1 aromatic heterocycles. The van der Waals surface area contributed by atoms with Gasteiger partial charge in [-0.05, 0) is 12.1 Å². The number of nitrogens with one attached hydrogen (secondary N) is 1. The van der Waals surface area contributed by atoms with Crippen molar-refractivity contribution < 1.29 is 0 Å². The van der Waals surface area contributed by atoms with E-state index in [0.717, 1.165) is 5.69 Å². The summed E-state index contributed by atoms with van der Waals surface area (Å²) in [5, 5.41) is 3.41. The second-order valence-corrected chi connectivity index (χ2v) is 1.95. The van der Waals surface area contributed by atoms with Crippen molar-refractivity contribution in [2.75, 3.05) is 12.4 Å². The van der Waals surface area contributed by atoms with Gasteiger partial charge in [0.05, 0.1) is 5.69 Å². The summed E-state index contributed by atoms with van der Waals surface area (Å²) >= 11 is 5.65. The highest BCUT2D eigenvalue weighted by Gasteiger charge is 1.92. The zero-order chi connectivity index (χ0) is 8.69. The molecule has 0 fully saturated rings. The van der Waals surface area contributed by atoms with E-state index < -0.39 is 0 Å². The number of hydrogen-bond donors (Lipinski definition) is 1. The van der Waals surface area contributed by atoms with Crippen LogP contribution in [0.1, 0.15) is 13.8 Å². The molecule has 0 aliphatic heterocycles. The molecular formula is C8H13ClN2. The van der Waals surface area contributed by atoms with Gasteiger partial charge in [0.1, 0.15) is 0 Å². The molecule has 1 rings (SSSR count). The van der Waals surface area contributed by atoms with Gasteiger partial charge in [0, 0.05) is 13.2 Å². The van der Waals surface area contributed by atoms with Crippen LogP contribution in [0.2, 0.25) is 5.15 Å². The molecule has 0 radical (unpaired) electrons. The molecule has 0 atom stereocenters. The number of pyridine rings is 1. The second-order valence-electron chi connectivity index (χ2n) is 1.59. The number of halogens is 1. The van der Waals surface area contributed by atoms with E-state index in [0.29, 0.717) is 5.15 Å². The molecule has 1 heterocycles. The number of hydrogen-bond acceptors (Lipinski definition) is 2. The maximum atomic E-state index is 5.65. The lowest BCUT2D eigenvalue weighted by Gasteiger charge is -1.98. The van der Waals surface area contributed by atoms with Crippen molar-refractivity contribution in [3.63, 3.8) is 0 Å². The van der Waals surface area contributed by atoms with Crippen molar-refractivity contribution in [2.45, 2.75) is 13.8 Å². The van der Waals surface area contributed by atoms with Crippen LogP contribution in [-0.2, 0) is 0 Å². The topological polar surface area (TPSA) is 24.9 Å². The smallest absolute Gasteiger partial charge is 0.152 e. The third-order valence-corrected chi connectivity index (χ3v) is 1.33. The third-order valence-electron chi connectivity index (χ3n) is 1.03.